The van der Waals surface area contributed by atoms with Crippen molar-refractivity contribution in [2.75, 3.05) is 11.9 Å². The van der Waals surface area contributed by atoms with Gasteiger partial charge in [-0.25, -0.2) is 9.18 Å². The lowest BCUT2D eigenvalue weighted by atomic mass is 10.2. The Hall–Kier alpha value is -3.74. The number of rotatable bonds is 7. The molecule has 0 spiro atoms. The minimum Gasteiger partial charge on any atom is -0.462 e. The predicted molar refractivity (Wildman–Crippen MR) is 107 cm³/mol. The summed E-state index contributed by atoms with van der Waals surface area (Å²) in [6, 6.07) is 16.1. The van der Waals surface area contributed by atoms with Crippen LogP contribution in [0.4, 0.5) is 15.8 Å². The van der Waals surface area contributed by atoms with Crippen LogP contribution in [-0.2, 0) is 11.3 Å². The van der Waals surface area contributed by atoms with Gasteiger partial charge in [0.1, 0.15) is 11.5 Å². The molecule has 148 valence electrons. The summed E-state index contributed by atoms with van der Waals surface area (Å²) >= 11 is 0. The Morgan fingerprint density at radius 3 is 2.41 bits per heavy atom. The van der Waals surface area contributed by atoms with E-state index in [4.69, 9.17) is 4.74 Å². The summed E-state index contributed by atoms with van der Waals surface area (Å²) in [6.45, 7) is 2.35. The van der Waals surface area contributed by atoms with Crippen LogP contribution in [0.1, 0.15) is 33.3 Å². The SMILES string of the molecule is CCOC(=O)c1ccc(Nc2ccnc(C(=O)NCc3ccc(F)cc3)c2)cc1. The van der Waals surface area contributed by atoms with Crippen LogP contribution in [-0.4, -0.2) is 23.5 Å². The zero-order valence-electron chi connectivity index (χ0n) is 15.8. The summed E-state index contributed by atoms with van der Waals surface area (Å²) in [6.07, 6.45) is 1.53. The summed E-state index contributed by atoms with van der Waals surface area (Å²) in [5, 5.41) is 5.92. The van der Waals surface area contributed by atoms with E-state index in [1.54, 1.807) is 55.5 Å². The summed E-state index contributed by atoms with van der Waals surface area (Å²) in [4.78, 5) is 28.1. The molecule has 6 nitrogen and oxygen atoms in total. The highest BCUT2D eigenvalue weighted by atomic mass is 19.1. The highest BCUT2D eigenvalue weighted by molar-refractivity contribution is 5.93. The average Bonchev–Trinajstić information content (AvgIpc) is 2.74. The van der Waals surface area contributed by atoms with Crippen LogP contribution in [0.5, 0.6) is 0 Å². The van der Waals surface area contributed by atoms with Crippen molar-refractivity contribution in [3.8, 4) is 0 Å². The van der Waals surface area contributed by atoms with E-state index in [9.17, 15) is 14.0 Å². The topological polar surface area (TPSA) is 80.3 Å². The van der Waals surface area contributed by atoms with Gasteiger partial charge in [0.2, 0.25) is 0 Å². The van der Waals surface area contributed by atoms with E-state index in [0.29, 0.717) is 17.9 Å². The second kappa shape index (κ2) is 9.45. The van der Waals surface area contributed by atoms with Gasteiger partial charge in [0.15, 0.2) is 0 Å². The van der Waals surface area contributed by atoms with Crippen LogP contribution in [0.15, 0.2) is 66.9 Å². The molecule has 0 atom stereocenters. The lowest BCUT2D eigenvalue weighted by Gasteiger charge is -2.09. The van der Waals surface area contributed by atoms with Crippen molar-refractivity contribution in [1.82, 2.24) is 10.3 Å². The molecule has 3 aromatic rings. The normalized spacial score (nSPS) is 10.3. The lowest BCUT2D eigenvalue weighted by Crippen LogP contribution is -2.23. The van der Waals surface area contributed by atoms with Gasteiger partial charge in [-0.3, -0.25) is 9.78 Å². The van der Waals surface area contributed by atoms with E-state index >= 15 is 0 Å². The molecular formula is C22H20FN3O3. The van der Waals surface area contributed by atoms with Gasteiger partial charge in [0.05, 0.1) is 12.2 Å². The Morgan fingerprint density at radius 1 is 1.00 bits per heavy atom. The third-order valence-corrected chi connectivity index (χ3v) is 4.04. The molecule has 0 bridgehead atoms. The number of halogens is 1. The van der Waals surface area contributed by atoms with Crippen LogP contribution >= 0.6 is 0 Å². The molecule has 0 aliphatic heterocycles. The number of carbonyl (C=O) groups excluding carboxylic acids is 2. The number of ether oxygens (including phenoxy) is 1. The zero-order valence-corrected chi connectivity index (χ0v) is 15.8. The molecule has 0 radical (unpaired) electrons. The first-order valence-corrected chi connectivity index (χ1v) is 9.08. The maximum atomic E-state index is 12.9. The number of pyridine rings is 1. The van der Waals surface area contributed by atoms with Gasteiger partial charge in [-0.1, -0.05) is 12.1 Å². The number of hydrogen-bond donors (Lipinski definition) is 2. The van der Waals surface area contributed by atoms with Crippen molar-refractivity contribution in [2.24, 2.45) is 0 Å². The number of benzene rings is 2. The van der Waals surface area contributed by atoms with Gasteiger partial charge in [-0.05, 0) is 61.0 Å². The number of hydrogen-bond acceptors (Lipinski definition) is 5. The average molecular weight is 393 g/mol. The zero-order chi connectivity index (χ0) is 20.6. The van der Waals surface area contributed by atoms with Crippen molar-refractivity contribution in [3.63, 3.8) is 0 Å². The first kappa shape index (κ1) is 20.0. The number of aromatic nitrogens is 1. The third-order valence-electron chi connectivity index (χ3n) is 4.04. The van der Waals surface area contributed by atoms with Crippen LogP contribution in [0.3, 0.4) is 0 Å². The molecule has 3 rings (SSSR count). The lowest BCUT2D eigenvalue weighted by molar-refractivity contribution is 0.0526. The van der Waals surface area contributed by atoms with Crippen LogP contribution in [0.25, 0.3) is 0 Å². The number of anilines is 2. The van der Waals surface area contributed by atoms with E-state index < -0.39 is 0 Å². The van der Waals surface area contributed by atoms with Crippen molar-refractivity contribution in [3.05, 3.63) is 89.5 Å². The Kier molecular flexibility index (Phi) is 6.52. The predicted octanol–water partition coefficient (Wildman–Crippen LogP) is 4.07. The van der Waals surface area contributed by atoms with Crippen molar-refractivity contribution < 1.29 is 18.7 Å². The molecule has 1 heterocycles. The maximum absolute atomic E-state index is 12.9. The number of carbonyl (C=O) groups is 2. The van der Waals surface area contributed by atoms with E-state index in [2.05, 4.69) is 15.6 Å². The fourth-order valence-corrected chi connectivity index (χ4v) is 2.58. The molecule has 0 saturated carbocycles. The van der Waals surface area contributed by atoms with Crippen molar-refractivity contribution in [2.45, 2.75) is 13.5 Å². The van der Waals surface area contributed by atoms with Gasteiger partial charge in [-0.15, -0.1) is 0 Å². The van der Waals surface area contributed by atoms with Gasteiger partial charge < -0.3 is 15.4 Å². The number of nitrogens with zero attached hydrogens (tertiary/aromatic N) is 1. The molecule has 0 unspecified atom stereocenters. The Bertz CT molecular complexity index is 989. The summed E-state index contributed by atoms with van der Waals surface area (Å²) < 4.78 is 17.9. The highest BCUT2D eigenvalue weighted by Crippen LogP contribution is 2.18. The first-order valence-electron chi connectivity index (χ1n) is 9.08. The second-order valence-electron chi connectivity index (χ2n) is 6.16. The summed E-state index contributed by atoms with van der Waals surface area (Å²) in [5.41, 5.74) is 2.93. The molecule has 0 aliphatic carbocycles. The molecule has 29 heavy (non-hydrogen) atoms. The number of esters is 1. The molecule has 0 fully saturated rings. The van der Waals surface area contributed by atoms with Gasteiger partial charge in [0.25, 0.3) is 5.91 Å². The van der Waals surface area contributed by atoms with E-state index in [1.165, 1.54) is 18.3 Å². The van der Waals surface area contributed by atoms with Crippen LogP contribution < -0.4 is 10.6 Å². The standard InChI is InChI=1S/C22H20FN3O3/c1-2-29-22(28)16-5-9-18(10-6-16)26-19-11-12-24-20(13-19)21(27)25-14-15-3-7-17(23)8-4-15/h3-13H,2,14H2,1H3,(H,24,26)(H,25,27). The number of amides is 1. The van der Waals surface area contributed by atoms with Gasteiger partial charge in [-0.2, -0.15) is 0 Å². The maximum Gasteiger partial charge on any atom is 0.338 e. The Labute approximate surface area is 167 Å². The van der Waals surface area contributed by atoms with Gasteiger partial charge in [0, 0.05) is 24.1 Å². The van der Waals surface area contributed by atoms with Gasteiger partial charge >= 0.3 is 5.97 Å². The Morgan fingerprint density at radius 2 is 1.72 bits per heavy atom. The van der Waals surface area contributed by atoms with E-state index in [-0.39, 0.29) is 29.9 Å². The first-order chi connectivity index (χ1) is 14.0. The van der Waals surface area contributed by atoms with Crippen LogP contribution in [0, 0.1) is 5.82 Å². The molecule has 0 saturated heterocycles. The molecule has 7 heteroatoms. The smallest absolute Gasteiger partial charge is 0.338 e. The largest absolute Gasteiger partial charge is 0.462 e. The van der Waals surface area contributed by atoms with E-state index in [1.807, 2.05) is 0 Å². The van der Waals surface area contributed by atoms with Crippen LogP contribution in [0.2, 0.25) is 0 Å². The minimum absolute atomic E-state index is 0.250. The quantitative estimate of drug-likeness (QED) is 0.592. The highest BCUT2D eigenvalue weighted by Gasteiger charge is 2.09. The molecular weight excluding hydrogens is 373 g/mol. The molecule has 2 N–H and O–H groups in total. The molecule has 1 amide bonds. The summed E-state index contributed by atoms with van der Waals surface area (Å²) in [7, 11) is 0. The fourth-order valence-electron chi connectivity index (χ4n) is 2.58. The second-order valence-corrected chi connectivity index (χ2v) is 6.16. The van der Waals surface area contributed by atoms with Crippen molar-refractivity contribution >= 4 is 23.3 Å². The number of nitrogens with one attached hydrogen (secondary N) is 2. The molecule has 2 aromatic carbocycles. The third kappa shape index (κ3) is 5.62. The molecule has 1 aromatic heterocycles. The monoisotopic (exact) mass is 393 g/mol. The fraction of sp³-hybridized carbons (Fsp3) is 0.136. The minimum atomic E-state index is -0.372. The molecule has 0 aliphatic rings. The van der Waals surface area contributed by atoms with Crippen molar-refractivity contribution in [1.29, 1.82) is 0 Å². The van der Waals surface area contributed by atoms with E-state index in [0.717, 1.165) is 11.3 Å². The summed E-state index contributed by atoms with van der Waals surface area (Å²) in [5.74, 6) is -1.03. The Balaban J connectivity index is 1.62.